The minimum atomic E-state index is -0.248. The number of halogens is 1. The molecule has 1 heterocycles. The summed E-state index contributed by atoms with van der Waals surface area (Å²) in [7, 11) is 0. The van der Waals surface area contributed by atoms with Crippen LogP contribution >= 0.6 is 11.6 Å². The lowest BCUT2D eigenvalue weighted by molar-refractivity contribution is 0.0925. The van der Waals surface area contributed by atoms with Crippen molar-refractivity contribution in [3.05, 3.63) is 44.8 Å². The van der Waals surface area contributed by atoms with E-state index in [1.807, 2.05) is 18.2 Å². The predicted molar refractivity (Wildman–Crippen MR) is 53.0 cm³/mol. The maximum atomic E-state index is 8.38. The molecule has 1 atom stereocenters. The first-order valence-corrected chi connectivity index (χ1v) is 4.59. The Labute approximate surface area is 86.1 Å². The first-order chi connectivity index (χ1) is 6.81. The van der Waals surface area contributed by atoms with E-state index in [1.54, 1.807) is 0 Å². The van der Waals surface area contributed by atoms with Gasteiger partial charge in [0.05, 0.1) is 19.3 Å². The maximum Gasteiger partial charge on any atom is 0.0863 e. The second kappa shape index (κ2) is 3.88. The highest BCUT2D eigenvalue weighted by atomic mass is 35.5. The van der Waals surface area contributed by atoms with Gasteiger partial charge in [0.25, 0.3) is 0 Å². The average Bonchev–Trinajstić information content (AvgIpc) is 2.19. The topological polar surface area (TPSA) is 58.0 Å². The van der Waals surface area contributed by atoms with Crippen LogP contribution in [0.15, 0.2) is 23.3 Å². The second-order valence-electron chi connectivity index (χ2n) is 3.08. The number of hydrogen-bond acceptors (Lipinski definition) is 2. The fourth-order valence-electron chi connectivity index (χ4n) is 1.54. The fraction of sp³-hybridized carbons (Fsp3) is 0.333. The van der Waals surface area contributed by atoms with Crippen molar-refractivity contribution < 1.29 is 4.74 Å². The number of benzene rings is 1. The molecule has 0 spiro atoms. The number of hydrogen-bond donors (Lipinski definition) is 0. The summed E-state index contributed by atoms with van der Waals surface area (Å²) in [6.45, 7) is 0.987. The molecule has 0 aliphatic carbocycles. The highest BCUT2D eigenvalue weighted by molar-refractivity contribution is 6.30. The molecule has 1 unspecified atom stereocenters. The van der Waals surface area contributed by atoms with Crippen LogP contribution < -0.4 is 0 Å². The number of rotatable bonds is 1. The fourth-order valence-corrected chi connectivity index (χ4v) is 1.72. The molecule has 5 heteroatoms. The molecular formula is C9H8ClN3O. The van der Waals surface area contributed by atoms with Crippen molar-refractivity contribution in [1.29, 1.82) is 0 Å². The van der Waals surface area contributed by atoms with Crippen LogP contribution in [-0.2, 0) is 11.3 Å². The van der Waals surface area contributed by atoms with E-state index in [4.69, 9.17) is 21.9 Å². The van der Waals surface area contributed by atoms with Crippen LogP contribution in [0.4, 0.5) is 0 Å². The molecule has 4 nitrogen and oxygen atoms in total. The van der Waals surface area contributed by atoms with Crippen molar-refractivity contribution in [3.8, 4) is 0 Å². The van der Waals surface area contributed by atoms with Gasteiger partial charge >= 0.3 is 0 Å². The molecule has 0 amide bonds. The van der Waals surface area contributed by atoms with E-state index in [9.17, 15) is 0 Å². The monoisotopic (exact) mass is 209 g/mol. The average molecular weight is 210 g/mol. The molecule has 1 aromatic rings. The summed E-state index contributed by atoms with van der Waals surface area (Å²) in [5, 5.41) is 4.32. The molecule has 0 bridgehead atoms. The number of ether oxygens (including phenoxy) is 1. The third-order valence-corrected chi connectivity index (χ3v) is 2.43. The molecule has 1 aliphatic rings. The lowest BCUT2D eigenvalue weighted by Gasteiger charge is -2.22. The van der Waals surface area contributed by atoms with Crippen molar-refractivity contribution in [2.75, 3.05) is 6.61 Å². The highest BCUT2D eigenvalue weighted by Gasteiger charge is 2.19. The number of azide groups is 1. The zero-order chi connectivity index (χ0) is 9.97. The van der Waals surface area contributed by atoms with Gasteiger partial charge in [-0.3, -0.25) is 0 Å². The maximum absolute atomic E-state index is 8.38. The van der Waals surface area contributed by atoms with Crippen LogP contribution in [0, 0.1) is 0 Å². The van der Waals surface area contributed by atoms with Crippen LogP contribution in [-0.4, -0.2) is 6.61 Å². The van der Waals surface area contributed by atoms with E-state index in [0.29, 0.717) is 18.2 Å². The lowest BCUT2D eigenvalue weighted by atomic mass is 10.00. The third kappa shape index (κ3) is 1.68. The van der Waals surface area contributed by atoms with Gasteiger partial charge in [0.2, 0.25) is 0 Å². The second-order valence-corrected chi connectivity index (χ2v) is 3.52. The molecular weight excluding hydrogens is 202 g/mol. The molecule has 0 radical (unpaired) electrons. The Morgan fingerprint density at radius 2 is 2.43 bits per heavy atom. The summed E-state index contributed by atoms with van der Waals surface area (Å²) in [6, 6.07) is 5.29. The zero-order valence-electron chi connectivity index (χ0n) is 7.35. The van der Waals surface area contributed by atoms with Gasteiger partial charge in [-0.1, -0.05) is 22.8 Å². The smallest absolute Gasteiger partial charge is 0.0863 e. The Hall–Kier alpha value is -1.22. The van der Waals surface area contributed by atoms with Crippen LogP contribution in [0.5, 0.6) is 0 Å². The molecule has 72 valence electrons. The van der Waals surface area contributed by atoms with Crippen molar-refractivity contribution >= 4 is 11.6 Å². The lowest BCUT2D eigenvalue weighted by Crippen LogP contribution is -2.14. The van der Waals surface area contributed by atoms with Gasteiger partial charge in [0.1, 0.15) is 0 Å². The van der Waals surface area contributed by atoms with Gasteiger partial charge in [-0.2, -0.15) is 0 Å². The van der Waals surface area contributed by atoms with Gasteiger partial charge in [-0.15, -0.1) is 0 Å². The van der Waals surface area contributed by atoms with Crippen LogP contribution in [0.3, 0.4) is 0 Å². The molecule has 14 heavy (non-hydrogen) atoms. The number of fused-ring (bicyclic) bond motifs is 1. The summed E-state index contributed by atoms with van der Waals surface area (Å²) in [4.78, 5) is 2.79. The quantitative estimate of drug-likeness (QED) is 0.398. The first-order valence-electron chi connectivity index (χ1n) is 4.21. The van der Waals surface area contributed by atoms with E-state index in [2.05, 4.69) is 10.0 Å². The van der Waals surface area contributed by atoms with Crippen molar-refractivity contribution in [1.82, 2.24) is 0 Å². The summed E-state index contributed by atoms with van der Waals surface area (Å²) < 4.78 is 5.29. The summed E-state index contributed by atoms with van der Waals surface area (Å²) >= 11 is 5.87. The first kappa shape index (κ1) is 9.34. The minimum absolute atomic E-state index is 0.248. The molecule has 0 fully saturated rings. The Balaban J connectivity index is 2.46. The molecule has 0 aromatic heterocycles. The van der Waals surface area contributed by atoms with E-state index in [1.165, 1.54) is 0 Å². The largest absolute Gasteiger partial charge is 0.376 e. The highest BCUT2D eigenvalue weighted by Crippen LogP contribution is 2.29. The van der Waals surface area contributed by atoms with E-state index in [0.717, 1.165) is 11.1 Å². The molecule has 0 saturated carbocycles. The standard InChI is InChI=1S/C9H8ClN3O/c10-7-2-1-6-4-14-5-9(12-13-11)8(6)3-7/h1-3,9H,4-5H2. The van der Waals surface area contributed by atoms with E-state index >= 15 is 0 Å². The van der Waals surface area contributed by atoms with Gasteiger partial charge in [-0.05, 0) is 28.8 Å². The zero-order valence-corrected chi connectivity index (χ0v) is 8.11. The van der Waals surface area contributed by atoms with Gasteiger partial charge in [-0.25, -0.2) is 0 Å². The van der Waals surface area contributed by atoms with Crippen molar-refractivity contribution in [2.45, 2.75) is 12.6 Å². The Bertz CT molecular complexity index is 401. The molecule has 0 N–H and O–H groups in total. The number of nitrogens with zero attached hydrogens (tertiary/aromatic N) is 3. The van der Waals surface area contributed by atoms with Crippen LogP contribution in [0.2, 0.25) is 5.02 Å². The molecule has 1 aromatic carbocycles. The van der Waals surface area contributed by atoms with Gasteiger partial charge in [0, 0.05) is 9.93 Å². The molecule has 1 aliphatic heterocycles. The van der Waals surface area contributed by atoms with Crippen molar-refractivity contribution in [2.24, 2.45) is 5.11 Å². The van der Waals surface area contributed by atoms with Crippen LogP contribution in [0.25, 0.3) is 10.4 Å². The Morgan fingerprint density at radius 3 is 3.21 bits per heavy atom. The predicted octanol–water partition coefficient (Wildman–Crippen LogP) is 3.22. The Morgan fingerprint density at radius 1 is 1.57 bits per heavy atom. The third-order valence-electron chi connectivity index (χ3n) is 2.19. The molecule has 0 saturated heterocycles. The van der Waals surface area contributed by atoms with Crippen molar-refractivity contribution in [3.63, 3.8) is 0 Å². The summed E-state index contributed by atoms with van der Waals surface area (Å²) in [6.07, 6.45) is 0. The summed E-state index contributed by atoms with van der Waals surface area (Å²) in [5.74, 6) is 0. The van der Waals surface area contributed by atoms with Gasteiger partial charge in [0.15, 0.2) is 0 Å². The van der Waals surface area contributed by atoms with E-state index in [-0.39, 0.29) is 6.04 Å². The Kier molecular flexibility index (Phi) is 2.59. The van der Waals surface area contributed by atoms with Gasteiger partial charge < -0.3 is 4.74 Å². The normalized spacial score (nSPS) is 19.6. The van der Waals surface area contributed by atoms with E-state index < -0.39 is 0 Å². The molecule has 2 rings (SSSR count). The minimum Gasteiger partial charge on any atom is -0.376 e. The van der Waals surface area contributed by atoms with Crippen LogP contribution in [0.1, 0.15) is 17.2 Å². The SMILES string of the molecule is [N-]=[N+]=NC1COCc2ccc(Cl)cc21. The summed E-state index contributed by atoms with van der Waals surface area (Å²) in [5.41, 5.74) is 10.4.